The Balaban J connectivity index is 2.18. The topological polar surface area (TPSA) is 46.6 Å². The molecule has 1 saturated heterocycles. The molecule has 1 aliphatic heterocycles. The third-order valence-electron chi connectivity index (χ3n) is 2.96. The van der Waals surface area contributed by atoms with E-state index in [4.69, 9.17) is 27.9 Å². The van der Waals surface area contributed by atoms with Crippen LogP contribution in [-0.2, 0) is 14.3 Å². The fraction of sp³-hybridized carbons (Fsp3) is 0.385. The molecule has 1 fully saturated rings. The third kappa shape index (κ3) is 3.01. The molecule has 1 aliphatic rings. The predicted molar refractivity (Wildman–Crippen MR) is 73.8 cm³/mol. The number of benzene rings is 1. The Hall–Kier alpha value is -1.26. The van der Waals surface area contributed by atoms with Gasteiger partial charge < -0.3 is 9.64 Å². The lowest BCUT2D eigenvalue weighted by Gasteiger charge is -2.19. The summed E-state index contributed by atoms with van der Waals surface area (Å²) in [5.41, 5.74) is 0.661. The summed E-state index contributed by atoms with van der Waals surface area (Å²) in [5, 5.41) is 1.04. The van der Waals surface area contributed by atoms with Gasteiger partial charge in [0, 0.05) is 11.6 Å². The molecule has 0 amide bonds. The van der Waals surface area contributed by atoms with Gasteiger partial charge in [-0.25, -0.2) is 0 Å². The van der Waals surface area contributed by atoms with E-state index in [0.29, 0.717) is 15.7 Å². The molecule has 0 N–H and O–H groups in total. The summed E-state index contributed by atoms with van der Waals surface area (Å²) >= 11 is 12.0. The Morgan fingerprint density at radius 2 is 2.21 bits per heavy atom. The van der Waals surface area contributed by atoms with Crippen LogP contribution in [0.15, 0.2) is 18.2 Å². The molecule has 0 aromatic heterocycles. The van der Waals surface area contributed by atoms with E-state index < -0.39 is 11.9 Å². The van der Waals surface area contributed by atoms with Gasteiger partial charge in [-0.2, -0.15) is 0 Å². The maximum Gasteiger partial charge on any atom is 0.318 e. The Bertz CT molecular complexity index is 519. The Morgan fingerprint density at radius 1 is 1.47 bits per heavy atom. The lowest BCUT2D eigenvalue weighted by atomic mass is 10.1. The molecule has 1 aromatic rings. The molecular weight excluding hydrogens is 289 g/mol. The van der Waals surface area contributed by atoms with Crippen molar-refractivity contribution in [3.05, 3.63) is 28.2 Å². The Labute approximate surface area is 121 Å². The molecule has 1 atom stereocenters. The van der Waals surface area contributed by atoms with Gasteiger partial charge in [-0.1, -0.05) is 23.2 Å². The van der Waals surface area contributed by atoms with E-state index in [1.165, 1.54) is 0 Å². The van der Waals surface area contributed by atoms with Gasteiger partial charge in [-0.3, -0.25) is 9.59 Å². The molecule has 0 radical (unpaired) electrons. The zero-order valence-electron chi connectivity index (χ0n) is 10.4. The minimum absolute atomic E-state index is 0.142. The second-order valence-corrected chi connectivity index (χ2v) is 5.09. The molecule has 1 aromatic carbocycles. The fourth-order valence-electron chi connectivity index (χ4n) is 2.05. The van der Waals surface area contributed by atoms with Gasteiger partial charge in [-0.05, 0) is 25.1 Å². The largest absolute Gasteiger partial charge is 0.465 e. The second kappa shape index (κ2) is 5.80. The molecule has 1 unspecified atom stereocenters. The van der Waals surface area contributed by atoms with Crippen LogP contribution >= 0.6 is 23.2 Å². The molecule has 0 saturated carbocycles. The average molecular weight is 302 g/mol. The highest BCUT2D eigenvalue weighted by molar-refractivity contribution is 6.35. The summed E-state index contributed by atoms with van der Waals surface area (Å²) < 4.78 is 4.89. The van der Waals surface area contributed by atoms with Crippen LogP contribution in [0.1, 0.15) is 6.92 Å². The lowest BCUT2D eigenvalue weighted by Crippen LogP contribution is -2.25. The molecule has 1 heterocycles. The van der Waals surface area contributed by atoms with Crippen molar-refractivity contribution in [2.45, 2.75) is 6.92 Å². The van der Waals surface area contributed by atoms with Crippen molar-refractivity contribution in [2.75, 3.05) is 24.6 Å². The average Bonchev–Trinajstić information content (AvgIpc) is 2.74. The predicted octanol–water partition coefficient (Wildman–Crippen LogP) is 2.56. The van der Waals surface area contributed by atoms with Crippen LogP contribution in [-0.4, -0.2) is 31.4 Å². The van der Waals surface area contributed by atoms with E-state index in [0.717, 1.165) is 0 Å². The molecule has 4 nitrogen and oxygen atoms in total. The van der Waals surface area contributed by atoms with Crippen molar-refractivity contribution in [3.8, 4) is 0 Å². The van der Waals surface area contributed by atoms with Crippen LogP contribution in [0.3, 0.4) is 0 Å². The first-order valence-electron chi connectivity index (χ1n) is 5.92. The molecule has 0 aliphatic carbocycles. The number of hydrogen-bond donors (Lipinski definition) is 0. The van der Waals surface area contributed by atoms with Crippen LogP contribution in [0.2, 0.25) is 10.0 Å². The van der Waals surface area contributed by atoms with Crippen LogP contribution in [0.25, 0.3) is 0 Å². The molecule has 0 spiro atoms. The normalized spacial score (nSPS) is 18.8. The number of ether oxygens (including phenoxy) is 1. The number of hydrogen-bond acceptors (Lipinski definition) is 4. The van der Waals surface area contributed by atoms with Gasteiger partial charge in [0.1, 0.15) is 5.92 Å². The van der Waals surface area contributed by atoms with Gasteiger partial charge in [0.2, 0.25) is 0 Å². The van der Waals surface area contributed by atoms with E-state index in [2.05, 4.69) is 0 Å². The minimum Gasteiger partial charge on any atom is -0.465 e. The molecule has 6 heteroatoms. The van der Waals surface area contributed by atoms with Crippen LogP contribution in [0, 0.1) is 5.92 Å². The number of rotatable bonds is 3. The van der Waals surface area contributed by atoms with E-state index in [1.54, 1.807) is 30.0 Å². The highest BCUT2D eigenvalue weighted by atomic mass is 35.5. The Morgan fingerprint density at radius 3 is 2.89 bits per heavy atom. The Kier molecular flexibility index (Phi) is 4.32. The van der Waals surface area contributed by atoms with Gasteiger partial charge in [0.05, 0.1) is 23.9 Å². The lowest BCUT2D eigenvalue weighted by molar-refractivity contribution is -0.149. The number of nitrogens with zero attached hydrogens (tertiary/aromatic N) is 1. The zero-order chi connectivity index (χ0) is 14.0. The summed E-state index contributed by atoms with van der Waals surface area (Å²) in [5.74, 6) is -1.38. The minimum atomic E-state index is -0.741. The van der Waals surface area contributed by atoms with Crippen molar-refractivity contribution >= 4 is 40.6 Å². The van der Waals surface area contributed by atoms with Crippen molar-refractivity contribution in [3.63, 3.8) is 0 Å². The number of Topliss-reactive ketones (excluding diaryl/α,β-unsaturated/α-hetero) is 1. The summed E-state index contributed by atoms with van der Waals surface area (Å²) in [6, 6.07) is 5.03. The number of halogens is 2. The summed E-state index contributed by atoms with van der Waals surface area (Å²) in [7, 11) is 0. The number of anilines is 1. The van der Waals surface area contributed by atoms with Gasteiger partial charge >= 0.3 is 5.97 Å². The van der Waals surface area contributed by atoms with E-state index in [-0.39, 0.29) is 25.5 Å². The maximum atomic E-state index is 11.9. The molecule has 2 rings (SSSR count). The first kappa shape index (κ1) is 14.2. The zero-order valence-corrected chi connectivity index (χ0v) is 11.9. The van der Waals surface area contributed by atoms with Gasteiger partial charge in [0.25, 0.3) is 0 Å². The summed E-state index contributed by atoms with van der Waals surface area (Å²) in [4.78, 5) is 25.3. The number of esters is 1. The maximum absolute atomic E-state index is 11.9. The number of carbonyl (C=O) groups is 2. The molecule has 19 heavy (non-hydrogen) atoms. The molecule has 0 bridgehead atoms. The first-order valence-corrected chi connectivity index (χ1v) is 6.68. The quantitative estimate of drug-likeness (QED) is 0.636. The van der Waals surface area contributed by atoms with Crippen LogP contribution in [0.5, 0.6) is 0 Å². The second-order valence-electron chi connectivity index (χ2n) is 4.25. The number of ketones is 1. The number of carbonyl (C=O) groups excluding carboxylic acids is 2. The SMILES string of the molecule is CCOC(=O)C1CN(c2cc(Cl)ccc2Cl)CC1=O. The smallest absolute Gasteiger partial charge is 0.318 e. The van der Waals surface area contributed by atoms with E-state index in [9.17, 15) is 9.59 Å². The van der Waals surface area contributed by atoms with Crippen molar-refractivity contribution < 1.29 is 14.3 Å². The molecule has 102 valence electrons. The van der Waals surface area contributed by atoms with Crippen LogP contribution < -0.4 is 4.90 Å². The third-order valence-corrected chi connectivity index (χ3v) is 3.51. The summed E-state index contributed by atoms with van der Waals surface area (Å²) in [6.07, 6.45) is 0. The first-order chi connectivity index (χ1) is 9.02. The van der Waals surface area contributed by atoms with E-state index >= 15 is 0 Å². The highest BCUT2D eigenvalue weighted by Gasteiger charge is 2.37. The van der Waals surface area contributed by atoms with Crippen molar-refractivity contribution in [1.29, 1.82) is 0 Å². The standard InChI is InChI=1S/C13H13Cl2NO3/c1-2-19-13(18)9-6-16(7-12(9)17)11-5-8(14)3-4-10(11)15/h3-5,9H,2,6-7H2,1H3. The van der Waals surface area contributed by atoms with Crippen molar-refractivity contribution in [1.82, 2.24) is 0 Å². The van der Waals surface area contributed by atoms with Crippen LogP contribution in [0.4, 0.5) is 5.69 Å². The fourth-order valence-corrected chi connectivity index (χ4v) is 2.45. The monoisotopic (exact) mass is 301 g/mol. The van der Waals surface area contributed by atoms with E-state index in [1.807, 2.05) is 0 Å². The van der Waals surface area contributed by atoms with Gasteiger partial charge in [0.15, 0.2) is 5.78 Å². The summed E-state index contributed by atoms with van der Waals surface area (Å²) in [6.45, 7) is 2.39. The van der Waals surface area contributed by atoms with Gasteiger partial charge in [-0.15, -0.1) is 0 Å². The van der Waals surface area contributed by atoms with Crippen molar-refractivity contribution in [2.24, 2.45) is 5.92 Å². The highest BCUT2D eigenvalue weighted by Crippen LogP contribution is 2.32. The molecular formula is C13H13Cl2NO3.